The Balaban J connectivity index is 1.47. The van der Waals surface area contributed by atoms with Gasteiger partial charge in [0.15, 0.2) is 10.9 Å². The third-order valence-corrected chi connectivity index (χ3v) is 5.89. The van der Waals surface area contributed by atoms with Crippen LogP contribution in [0.3, 0.4) is 0 Å². The maximum absolute atomic E-state index is 12.9. The molecule has 0 saturated carbocycles. The molecule has 27 heavy (non-hydrogen) atoms. The maximum Gasteiger partial charge on any atom is 0.264 e. The number of nitrogens with zero attached hydrogens (tertiary/aromatic N) is 2. The highest BCUT2D eigenvalue weighted by atomic mass is 35.5. The number of ether oxygens (including phenoxy) is 1. The number of carbonyl (C=O) groups excluding carboxylic acids is 1. The van der Waals surface area contributed by atoms with Crippen LogP contribution in [0.5, 0.6) is 5.75 Å². The Morgan fingerprint density at radius 3 is 2.78 bits per heavy atom. The summed E-state index contributed by atoms with van der Waals surface area (Å²) < 4.78 is 19.1. The molecule has 2 aromatic carbocycles. The first-order valence-electron chi connectivity index (χ1n) is 7.89. The first-order chi connectivity index (χ1) is 13.0. The van der Waals surface area contributed by atoms with Crippen LogP contribution >= 0.6 is 34.7 Å². The molecule has 0 aliphatic rings. The number of nitrogens with one attached hydrogen (secondary N) is 1. The minimum absolute atomic E-state index is 0.140. The normalized spacial score (nSPS) is 10.6. The van der Waals surface area contributed by atoms with E-state index in [1.807, 2.05) is 6.92 Å². The molecule has 0 unspecified atom stereocenters. The molecule has 5 nitrogen and oxygen atoms in total. The molecule has 0 aliphatic heterocycles. The Bertz CT molecular complexity index is 935. The molecule has 0 bridgehead atoms. The Kier molecular flexibility index (Phi) is 6.65. The van der Waals surface area contributed by atoms with E-state index < -0.39 is 0 Å². The van der Waals surface area contributed by atoms with Gasteiger partial charge in [0.05, 0.1) is 0 Å². The summed E-state index contributed by atoms with van der Waals surface area (Å²) >= 11 is 8.70. The van der Waals surface area contributed by atoms with Gasteiger partial charge in [0.25, 0.3) is 5.91 Å². The standard InChI is InChI=1S/C18H15ClFN3O2S2/c1-11-8-14(6-7-15(11)19)25-9-16(24)21-17-22-23-18(27-17)26-10-12-2-4-13(20)5-3-12/h2-8H,9-10H2,1H3,(H,21,22,24). The van der Waals surface area contributed by atoms with Crippen LogP contribution in [0.4, 0.5) is 9.52 Å². The molecule has 0 radical (unpaired) electrons. The van der Waals surface area contributed by atoms with Gasteiger partial charge in [-0.1, -0.05) is 46.8 Å². The van der Waals surface area contributed by atoms with Crippen molar-refractivity contribution in [2.45, 2.75) is 17.0 Å². The van der Waals surface area contributed by atoms with Crippen LogP contribution < -0.4 is 10.1 Å². The first kappa shape index (κ1) is 19.6. The van der Waals surface area contributed by atoms with Gasteiger partial charge in [0.1, 0.15) is 11.6 Å². The van der Waals surface area contributed by atoms with Crippen molar-refractivity contribution in [3.05, 3.63) is 64.4 Å². The third-order valence-electron chi connectivity index (χ3n) is 3.43. The summed E-state index contributed by atoms with van der Waals surface area (Å²) in [4.78, 5) is 12.0. The van der Waals surface area contributed by atoms with Gasteiger partial charge in [0, 0.05) is 10.8 Å². The molecule has 3 aromatic rings. The predicted octanol–water partition coefficient (Wildman–Crippen LogP) is 4.95. The van der Waals surface area contributed by atoms with Crippen molar-refractivity contribution in [3.63, 3.8) is 0 Å². The lowest BCUT2D eigenvalue weighted by Crippen LogP contribution is -2.20. The third kappa shape index (κ3) is 5.92. The topological polar surface area (TPSA) is 64.1 Å². The Hall–Kier alpha value is -2.16. The first-order valence-corrected chi connectivity index (χ1v) is 10.1. The number of thioether (sulfide) groups is 1. The van der Waals surface area contributed by atoms with E-state index in [0.29, 0.717) is 26.0 Å². The second kappa shape index (κ2) is 9.16. The number of amides is 1. The van der Waals surface area contributed by atoms with Crippen molar-refractivity contribution < 1.29 is 13.9 Å². The van der Waals surface area contributed by atoms with Crippen LogP contribution in [0.25, 0.3) is 0 Å². The van der Waals surface area contributed by atoms with Crippen molar-refractivity contribution in [2.75, 3.05) is 11.9 Å². The van der Waals surface area contributed by atoms with Crippen LogP contribution in [-0.4, -0.2) is 22.7 Å². The zero-order chi connectivity index (χ0) is 19.2. The summed E-state index contributed by atoms with van der Waals surface area (Å²) in [5.41, 5.74) is 1.86. The van der Waals surface area contributed by atoms with Gasteiger partial charge in [-0.05, 0) is 48.4 Å². The van der Waals surface area contributed by atoms with Crippen LogP contribution in [0.1, 0.15) is 11.1 Å². The number of hydrogen-bond donors (Lipinski definition) is 1. The fourth-order valence-electron chi connectivity index (χ4n) is 2.06. The van der Waals surface area contributed by atoms with E-state index in [1.54, 1.807) is 30.3 Å². The number of aryl methyl sites for hydroxylation is 1. The smallest absolute Gasteiger partial charge is 0.264 e. The van der Waals surface area contributed by atoms with Crippen molar-refractivity contribution in [3.8, 4) is 5.75 Å². The van der Waals surface area contributed by atoms with E-state index in [0.717, 1.165) is 11.1 Å². The van der Waals surface area contributed by atoms with Crippen molar-refractivity contribution in [1.82, 2.24) is 10.2 Å². The van der Waals surface area contributed by atoms with Gasteiger partial charge in [0.2, 0.25) is 5.13 Å². The molecule has 1 heterocycles. The van der Waals surface area contributed by atoms with Crippen LogP contribution in [0.15, 0.2) is 46.8 Å². The summed E-state index contributed by atoms with van der Waals surface area (Å²) in [6, 6.07) is 11.5. The number of benzene rings is 2. The second-order valence-electron chi connectivity index (χ2n) is 5.54. The summed E-state index contributed by atoms with van der Waals surface area (Å²) in [6.07, 6.45) is 0. The Morgan fingerprint density at radius 1 is 1.26 bits per heavy atom. The van der Waals surface area contributed by atoms with Crippen LogP contribution in [-0.2, 0) is 10.5 Å². The van der Waals surface area contributed by atoms with Gasteiger partial charge in [-0.2, -0.15) is 0 Å². The molecule has 0 saturated heterocycles. The molecule has 3 rings (SSSR count). The lowest BCUT2D eigenvalue weighted by molar-refractivity contribution is -0.118. The monoisotopic (exact) mass is 423 g/mol. The molecule has 0 fully saturated rings. The molecule has 0 spiro atoms. The van der Waals surface area contributed by atoms with Gasteiger partial charge in [-0.25, -0.2) is 4.39 Å². The SMILES string of the molecule is Cc1cc(OCC(=O)Nc2nnc(SCc3ccc(F)cc3)s2)ccc1Cl. The molecule has 0 atom stereocenters. The highest BCUT2D eigenvalue weighted by molar-refractivity contribution is 8.00. The highest BCUT2D eigenvalue weighted by Crippen LogP contribution is 2.28. The summed E-state index contributed by atoms with van der Waals surface area (Å²) in [7, 11) is 0. The Morgan fingerprint density at radius 2 is 2.04 bits per heavy atom. The molecule has 0 aliphatic carbocycles. The fourth-order valence-corrected chi connectivity index (χ4v) is 3.90. The number of anilines is 1. The van der Waals surface area contributed by atoms with Gasteiger partial charge in [-0.3, -0.25) is 10.1 Å². The van der Waals surface area contributed by atoms with Crippen molar-refractivity contribution in [2.24, 2.45) is 0 Å². The minimum atomic E-state index is -0.325. The largest absolute Gasteiger partial charge is 0.484 e. The number of halogens is 2. The van der Waals surface area contributed by atoms with E-state index in [9.17, 15) is 9.18 Å². The summed E-state index contributed by atoms with van der Waals surface area (Å²) in [6.45, 7) is 1.72. The number of hydrogen-bond acceptors (Lipinski definition) is 6. The minimum Gasteiger partial charge on any atom is -0.484 e. The zero-order valence-corrected chi connectivity index (χ0v) is 16.6. The molecule has 1 aromatic heterocycles. The van der Waals surface area contributed by atoms with E-state index >= 15 is 0 Å². The van der Waals surface area contributed by atoms with Gasteiger partial charge < -0.3 is 4.74 Å². The number of carbonyl (C=O) groups is 1. The lowest BCUT2D eigenvalue weighted by atomic mass is 10.2. The fraction of sp³-hybridized carbons (Fsp3) is 0.167. The highest BCUT2D eigenvalue weighted by Gasteiger charge is 2.10. The average Bonchev–Trinajstić information content (AvgIpc) is 3.09. The quantitative estimate of drug-likeness (QED) is 0.430. The maximum atomic E-state index is 12.9. The Labute approximate surface area is 168 Å². The lowest BCUT2D eigenvalue weighted by Gasteiger charge is -2.07. The zero-order valence-electron chi connectivity index (χ0n) is 14.2. The molecular formula is C18H15ClFN3O2S2. The van der Waals surface area contributed by atoms with Crippen LogP contribution in [0, 0.1) is 12.7 Å². The molecule has 9 heteroatoms. The van der Waals surface area contributed by atoms with Gasteiger partial charge in [-0.15, -0.1) is 10.2 Å². The van der Waals surface area contributed by atoms with E-state index in [4.69, 9.17) is 16.3 Å². The van der Waals surface area contributed by atoms with Crippen molar-refractivity contribution in [1.29, 1.82) is 0 Å². The number of aromatic nitrogens is 2. The molecule has 1 amide bonds. The van der Waals surface area contributed by atoms with Gasteiger partial charge >= 0.3 is 0 Å². The molecule has 1 N–H and O–H groups in total. The van der Waals surface area contributed by atoms with Crippen molar-refractivity contribution >= 4 is 45.7 Å². The van der Waals surface area contributed by atoms with Crippen LogP contribution in [0.2, 0.25) is 5.02 Å². The summed E-state index contributed by atoms with van der Waals surface area (Å²) in [5.74, 6) is 0.622. The predicted molar refractivity (Wildman–Crippen MR) is 106 cm³/mol. The van der Waals surface area contributed by atoms with E-state index in [-0.39, 0.29) is 18.3 Å². The molecular weight excluding hydrogens is 409 g/mol. The second-order valence-corrected chi connectivity index (χ2v) is 8.14. The van der Waals surface area contributed by atoms with E-state index in [1.165, 1.54) is 35.2 Å². The van der Waals surface area contributed by atoms with E-state index in [2.05, 4.69) is 15.5 Å². The molecule has 140 valence electrons. The summed E-state index contributed by atoms with van der Waals surface area (Å²) in [5, 5.41) is 11.7. The number of rotatable bonds is 7. The average molecular weight is 424 g/mol.